The molecule has 1 saturated carbocycles. The molecule has 56 heavy (non-hydrogen) atoms. The Kier molecular flexibility index (Phi) is 14.9. The van der Waals surface area contributed by atoms with Crippen molar-refractivity contribution in [2.45, 2.75) is 88.2 Å². The van der Waals surface area contributed by atoms with Crippen LogP contribution in [0.2, 0.25) is 0 Å². The number of hydrogen-bond donors (Lipinski definition) is 2. The zero-order valence-electron chi connectivity index (χ0n) is 32.2. The smallest absolute Gasteiger partial charge is 0.410 e. The number of aldehydes is 1. The van der Waals surface area contributed by atoms with Gasteiger partial charge >= 0.3 is 6.09 Å². The number of nitrogens with zero attached hydrogens (tertiary/aromatic N) is 2. The predicted molar refractivity (Wildman–Crippen MR) is 211 cm³/mol. The van der Waals surface area contributed by atoms with Crippen molar-refractivity contribution in [3.05, 3.63) is 77.9 Å². The zero-order valence-corrected chi connectivity index (χ0v) is 32.9. The van der Waals surface area contributed by atoms with Gasteiger partial charge in [0, 0.05) is 50.1 Å². The van der Waals surface area contributed by atoms with E-state index in [1.807, 2.05) is 18.2 Å². The molecular formula is C43H55ClN2O10. The minimum absolute atomic E-state index is 0.0307. The molecular weight excluding hydrogens is 740 g/mol. The Morgan fingerprint density at radius 3 is 2.62 bits per heavy atom. The average molecular weight is 795 g/mol. The number of oxime groups is 1. The number of ether oxygens (including phenoxy) is 5. The van der Waals surface area contributed by atoms with E-state index in [0.717, 1.165) is 55.9 Å². The Morgan fingerprint density at radius 2 is 1.89 bits per heavy atom. The third kappa shape index (κ3) is 9.26. The van der Waals surface area contributed by atoms with Gasteiger partial charge in [-0.1, -0.05) is 42.3 Å². The fraction of sp³-hybridized carbons (Fsp3) is 0.558. The second-order valence-electron chi connectivity index (χ2n) is 14.9. The van der Waals surface area contributed by atoms with Crippen LogP contribution in [0, 0.1) is 17.8 Å². The van der Waals surface area contributed by atoms with Gasteiger partial charge in [0.05, 0.1) is 30.7 Å². The maximum Gasteiger partial charge on any atom is 0.410 e. The lowest BCUT2D eigenvalue weighted by Gasteiger charge is -2.59. The topological polar surface area (TPSA) is 146 Å². The summed E-state index contributed by atoms with van der Waals surface area (Å²) in [6, 6.07) is 12.0. The molecule has 4 aliphatic rings. The monoisotopic (exact) mass is 794 g/mol. The van der Waals surface area contributed by atoms with Crippen LogP contribution in [0.3, 0.4) is 0 Å². The highest BCUT2D eigenvalue weighted by Crippen LogP contribution is 2.62. The number of amides is 1. The van der Waals surface area contributed by atoms with Gasteiger partial charge in [0.15, 0.2) is 0 Å². The molecule has 2 N–H and O–H groups in total. The van der Waals surface area contributed by atoms with Crippen LogP contribution in [0.4, 0.5) is 4.79 Å². The zero-order chi connectivity index (χ0) is 39.5. The number of alkyl halides is 1. The van der Waals surface area contributed by atoms with E-state index in [-0.39, 0.29) is 56.5 Å². The molecule has 0 aromatic heterocycles. The Bertz CT molecular complexity index is 1710. The highest BCUT2D eigenvalue weighted by Gasteiger charge is 2.65. The Hall–Kier alpha value is -3.94. The Balaban J connectivity index is 1.55. The third-order valence-corrected chi connectivity index (χ3v) is 11.5. The summed E-state index contributed by atoms with van der Waals surface area (Å²) in [4.78, 5) is 33.0. The number of hydrogen-bond acceptors (Lipinski definition) is 11. The highest BCUT2D eigenvalue weighted by molar-refractivity contribution is 6.18. The molecule has 1 amide bonds. The summed E-state index contributed by atoms with van der Waals surface area (Å²) >= 11 is 5.94. The molecule has 7 atom stereocenters. The number of likely N-dealkylation sites (N-methyl/N-ethyl adjacent to an activating group) is 1. The number of fused-ring (bicyclic) bond motifs is 2. The van der Waals surface area contributed by atoms with Crippen LogP contribution in [0.5, 0.6) is 17.2 Å². The number of carbonyl (C=O) groups is 2. The first-order chi connectivity index (χ1) is 27.4. The molecule has 0 bridgehead atoms. The van der Waals surface area contributed by atoms with Gasteiger partial charge in [0.1, 0.15) is 36.2 Å². The molecule has 7 unspecified atom stereocenters. The van der Waals surface area contributed by atoms with Gasteiger partial charge in [-0.05, 0) is 86.3 Å². The first kappa shape index (κ1) is 41.7. The van der Waals surface area contributed by atoms with Crippen molar-refractivity contribution in [1.82, 2.24) is 4.90 Å². The van der Waals surface area contributed by atoms with Crippen molar-refractivity contribution in [1.29, 1.82) is 0 Å². The number of halogens is 1. The highest BCUT2D eigenvalue weighted by atomic mass is 35.5. The molecule has 2 aromatic carbocycles. The summed E-state index contributed by atoms with van der Waals surface area (Å²) in [5, 5.41) is 24.5. The van der Waals surface area contributed by atoms with Gasteiger partial charge in [-0.15, -0.1) is 18.2 Å². The molecule has 2 aliphatic carbocycles. The maximum atomic E-state index is 13.7. The summed E-state index contributed by atoms with van der Waals surface area (Å²) < 4.78 is 31.9. The molecule has 0 radical (unpaired) electrons. The molecule has 2 heterocycles. The lowest BCUT2D eigenvalue weighted by atomic mass is 9.55. The van der Waals surface area contributed by atoms with Crippen LogP contribution in [0.1, 0.15) is 86.0 Å². The average Bonchev–Trinajstić information content (AvgIpc) is 3.22. The molecule has 304 valence electrons. The molecule has 2 aromatic rings. The van der Waals surface area contributed by atoms with Crippen molar-refractivity contribution in [3.8, 4) is 17.2 Å². The standard InChI is InChI=1S/C43H55ClN2O10/c1-3-21-53-43-38(46(2)42(50)52-23-18-44)27-36(45-56-39-15-6-9-22-51-39)34-25-30(12-4-7-19-47)33(14-5-8-20-48)40(41(34)43)35-26-32(16-17-37(35)55-43)54-31-13-10-11-29(24-31)28-49/h3,10-11,13,16-17,24-26,28,30,33,38-41,47-48H,1,4-9,12,14-15,18-23,27H2,2H3. The lowest BCUT2D eigenvalue weighted by Crippen LogP contribution is -2.69. The van der Waals surface area contributed by atoms with Gasteiger partial charge in [-0.25, -0.2) is 4.79 Å². The van der Waals surface area contributed by atoms with E-state index in [1.165, 1.54) is 4.90 Å². The molecule has 1 saturated heterocycles. The van der Waals surface area contributed by atoms with Crippen LogP contribution in [0.15, 0.2) is 71.9 Å². The number of carbonyl (C=O) groups excluding carboxylic acids is 2. The van der Waals surface area contributed by atoms with Crippen molar-refractivity contribution in [3.63, 3.8) is 0 Å². The molecule has 2 fully saturated rings. The Morgan fingerprint density at radius 1 is 1.09 bits per heavy atom. The van der Waals surface area contributed by atoms with Crippen LogP contribution in [-0.4, -0.2) is 97.3 Å². The summed E-state index contributed by atoms with van der Waals surface area (Å²) in [6.07, 6.45) is 11.1. The van der Waals surface area contributed by atoms with Gasteiger partial charge < -0.3 is 43.6 Å². The van der Waals surface area contributed by atoms with E-state index in [4.69, 9.17) is 45.3 Å². The first-order valence-corrected chi connectivity index (χ1v) is 20.4. The minimum Gasteiger partial charge on any atom is -0.459 e. The number of aliphatic hydroxyl groups is 2. The largest absolute Gasteiger partial charge is 0.459 e. The number of rotatable bonds is 19. The van der Waals surface area contributed by atoms with E-state index < -0.39 is 30.1 Å². The molecule has 12 nitrogen and oxygen atoms in total. The Labute approximate surface area is 334 Å². The maximum absolute atomic E-state index is 13.7. The number of unbranched alkanes of at least 4 members (excludes halogenated alkanes) is 2. The van der Waals surface area contributed by atoms with E-state index in [1.54, 1.807) is 37.4 Å². The van der Waals surface area contributed by atoms with Crippen molar-refractivity contribution < 1.29 is 48.3 Å². The fourth-order valence-corrected chi connectivity index (χ4v) is 8.93. The summed E-state index contributed by atoms with van der Waals surface area (Å²) in [7, 11) is 1.68. The summed E-state index contributed by atoms with van der Waals surface area (Å²) in [5.74, 6) is -0.232. The molecule has 13 heteroatoms. The van der Waals surface area contributed by atoms with Crippen LogP contribution in [0.25, 0.3) is 0 Å². The normalized spacial score (nSPS) is 27.2. The van der Waals surface area contributed by atoms with Crippen LogP contribution < -0.4 is 9.47 Å². The SMILES string of the molecule is C=CCOC12Oc3ccc(Oc4cccc(C=O)c4)cc3C3C(CCCCO)C(CCCCO)C=C(C(=NOC4CCCCO4)CC1N(C)C(=O)OCCCl)C32. The third-order valence-electron chi connectivity index (χ3n) is 11.4. The van der Waals surface area contributed by atoms with Crippen molar-refractivity contribution in [2.75, 3.05) is 46.0 Å². The van der Waals surface area contributed by atoms with Crippen LogP contribution >= 0.6 is 11.6 Å². The quantitative estimate of drug-likeness (QED) is 0.0476. The number of allylic oxidation sites excluding steroid dienone is 1. The van der Waals surface area contributed by atoms with E-state index in [0.29, 0.717) is 54.4 Å². The molecule has 6 rings (SSSR count). The van der Waals surface area contributed by atoms with Gasteiger partial charge in [0.2, 0.25) is 12.1 Å². The number of benzene rings is 2. The number of aliphatic hydroxyl groups excluding tert-OH is 2. The van der Waals surface area contributed by atoms with E-state index in [2.05, 4.69) is 12.7 Å². The fourth-order valence-electron chi connectivity index (χ4n) is 8.85. The van der Waals surface area contributed by atoms with Crippen LogP contribution in [-0.2, 0) is 19.0 Å². The first-order valence-electron chi connectivity index (χ1n) is 19.9. The van der Waals surface area contributed by atoms with Crippen molar-refractivity contribution >= 4 is 29.7 Å². The van der Waals surface area contributed by atoms with Gasteiger partial charge in [-0.2, -0.15) is 0 Å². The second-order valence-corrected chi connectivity index (χ2v) is 15.3. The molecule has 2 aliphatic heterocycles. The van der Waals surface area contributed by atoms with E-state index >= 15 is 0 Å². The summed E-state index contributed by atoms with van der Waals surface area (Å²) in [5.41, 5.74) is 2.99. The molecule has 0 spiro atoms. The predicted octanol–water partition coefficient (Wildman–Crippen LogP) is 7.76. The van der Waals surface area contributed by atoms with Gasteiger partial charge in [0.25, 0.3) is 0 Å². The second kappa shape index (κ2) is 20.0. The minimum atomic E-state index is -1.42. The van der Waals surface area contributed by atoms with Crippen molar-refractivity contribution in [2.24, 2.45) is 22.9 Å². The summed E-state index contributed by atoms with van der Waals surface area (Å²) in [6.45, 7) is 4.90. The van der Waals surface area contributed by atoms with Gasteiger partial charge in [-0.3, -0.25) is 4.79 Å². The van der Waals surface area contributed by atoms with E-state index in [9.17, 15) is 19.8 Å². The lowest BCUT2D eigenvalue weighted by molar-refractivity contribution is -0.254.